The summed E-state index contributed by atoms with van der Waals surface area (Å²) in [5.74, 6) is 1.07. The van der Waals surface area contributed by atoms with E-state index >= 15 is 0 Å². The molecule has 8 heteroatoms. The Hall–Kier alpha value is -4.33. The van der Waals surface area contributed by atoms with E-state index in [4.69, 9.17) is 0 Å². The molecule has 3 aromatic heterocycles. The standard InChI is InChI=1S/C26H27N7O/c1-26(2,22-11-13-28-17-32-22)19-6-8-20(9-7-19)33-25(34)21-5-4-12-30-24(21)31-16-18-10-14-29-23(15-18)27-3/h4-15,17H,16H2,1-3H3,(H,27,29)(H,30,31)(H,33,34). The van der Waals surface area contributed by atoms with Crippen molar-refractivity contribution in [2.24, 2.45) is 0 Å². The zero-order valence-electron chi connectivity index (χ0n) is 19.4. The summed E-state index contributed by atoms with van der Waals surface area (Å²) in [6, 6.07) is 17.1. The molecule has 0 saturated carbocycles. The van der Waals surface area contributed by atoms with Crippen molar-refractivity contribution in [1.82, 2.24) is 19.9 Å². The van der Waals surface area contributed by atoms with E-state index in [1.807, 2.05) is 49.5 Å². The van der Waals surface area contributed by atoms with Crippen LogP contribution in [0.5, 0.6) is 0 Å². The minimum Gasteiger partial charge on any atom is -0.373 e. The number of nitrogens with zero attached hydrogens (tertiary/aromatic N) is 4. The van der Waals surface area contributed by atoms with Crippen LogP contribution in [0.15, 0.2) is 79.5 Å². The van der Waals surface area contributed by atoms with Gasteiger partial charge in [-0.05, 0) is 53.6 Å². The third-order valence-corrected chi connectivity index (χ3v) is 5.68. The lowest BCUT2D eigenvalue weighted by atomic mass is 9.81. The van der Waals surface area contributed by atoms with Gasteiger partial charge in [0.25, 0.3) is 5.91 Å². The molecule has 0 unspecified atom stereocenters. The molecule has 172 valence electrons. The van der Waals surface area contributed by atoms with Crippen molar-refractivity contribution < 1.29 is 4.79 Å². The third kappa shape index (κ3) is 5.17. The summed E-state index contributed by atoms with van der Waals surface area (Å²) in [7, 11) is 1.82. The molecule has 0 atom stereocenters. The molecule has 1 amide bonds. The number of hydrogen-bond donors (Lipinski definition) is 3. The molecule has 3 heterocycles. The zero-order valence-corrected chi connectivity index (χ0v) is 19.4. The van der Waals surface area contributed by atoms with E-state index in [0.29, 0.717) is 23.6 Å². The molecule has 1 aromatic carbocycles. The van der Waals surface area contributed by atoms with Crippen LogP contribution >= 0.6 is 0 Å². The summed E-state index contributed by atoms with van der Waals surface area (Å²) >= 11 is 0. The van der Waals surface area contributed by atoms with Gasteiger partial charge in [0, 0.05) is 43.3 Å². The van der Waals surface area contributed by atoms with Crippen LogP contribution in [-0.4, -0.2) is 32.9 Å². The summed E-state index contributed by atoms with van der Waals surface area (Å²) in [6.45, 7) is 4.74. The number of amides is 1. The van der Waals surface area contributed by atoms with Crippen LogP contribution in [0, 0.1) is 0 Å². The Morgan fingerprint density at radius 1 is 0.941 bits per heavy atom. The topological polar surface area (TPSA) is 105 Å². The number of benzene rings is 1. The summed E-state index contributed by atoms with van der Waals surface area (Å²) < 4.78 is 0. The van der Waals surface area contributed by atoms with E-state index in [0.717, 1.165) is 22.6 Å². The van der Waals surface area contributed by atoms with Crippen LogP contribution in [0.25, 0.3) is 0 Å². The minimum absolute atomic E-state index is 0.232. The van der Waals surface area contributed by atoms with Gasteiger partial charge in [-0.2, -0.15) is 0 Å². The van der Waals surface area contributed by atoms with E-state index in [1.165, 1.54) is 0 Å². The fraction of sp³-hybridized carbons (Fsp3) is 0.192. The Balaban J connectivity index is 1.46. The highest BCUT2D eigenvalue weighted by atomic mass is 16.1. The molecule has 0 aliphatic rings. The Morgan fingerprint density at radius 3 is 2.50 bits per heavy atom. The largest absolute Gasteiger partial charge is 0.373 e. The van der Waals surface area contributed by atoms with Crippen molar-refractivity contribution >= 4 is 23.2 Å². The van der Waals surface area contributed by atoms with E-state index in [2.05, 4.69) is 49.7 Å². The molecule has 0 aliphatic heterocycles. The quantitative estimate of drug-likeness (QED) is 0.361. The van der Waals surface area contributed by atoms with Crippen molar-refractivity contribution in [3.8, 4) is 0 Å². The van der Waals surface area contributed by atoms with Gasteiger partial charge in [0.2, 0.25) is 0 Å². The number of carbonyl (C=O) groups excluding carboxylic acids is 1. The summed E-state index contributed by atoms with van der Waals surface area (Å²) in [6.07, 6.45) is 6.70. The van der Waals surface area contributed by atoms with Gasteiger partial charge in [-0.1, -0.05) is 26.0 Å². The Bertz CT molecular complexity index is 1260. The molecule has 8 nitrogen and oxygen atoms in total. The molecule has 3 N–H and O–H groups in total. The second-order valence-electron chi connectivity index (χ2n) is 8.30. The van der Waals surface area contributed by atoms with Gasteiger partial charge in [0.05, 0.1) is 11.3 Å². The van der Waals surface area contributed by atoms with Crippen LogP contribution in [0.3, 0.4) is 0 Å². The smallest absolute Gasteiger partial charge is 0.259 e. The molecular formula is C26H27N7O. The maximum absolute atomic E-state index is 13.0. The second kappa shape index (κ2) is 10.1. The minimum atomic E-state index is -0.286. The average molecular weight is 454 g/mol. The van der Waals surface area contributed by atoms with Crippen LogP contribution < -0.4 is 16.0 Å². The Morgan fingerprint density at radius 2 is 1.76 bits per heavy atom. The molecule has 0 aliphatic carbocycles. The first-order valence-corrected chi connectivity index (χ1v) is 11.0. The molecular weight excluding hydrogens is 426 g/mol. The van der Waals surface area contributed by atoms with Gasteiger partial charge in [-0.15, -0.1) is 0 Å². The zero-order chi connectivity index (χ0) is 24.0. The number of pyridine rings is 2. The fourth-order valence-electron chi connectivity index (χ4n) is 3.61. The average Bonchev–Trinajstić information content (AvgIpc) is 2.88. The predicted molar refractivity (Wildman–Crippen MR) is 134 cm³/mol. The third-order valence-electron chi connectivity index (χ3n) is 5.68. The second-order valence-corrected chi connectivity index (χ2v) is 8.30. The van der Waals surface area contributed by atoms with Crippen molar-refractivity contribution in [3.63, 3.8) is 0 Å². The Kier molecular flexibility index (Phi) is 6.77. The lowest BCUT2D eigenvalue weighted by molar-refractivity contribution is 0.102. The van der Waals surface area contributed by atoms with Gasteiger partial charge >= 0.3 is 0 Å². The highest BCUT2D eigenvalue weighted by Crippen LogP contribution is 2.30. The fourth-order valence-corrected chi connectivity index (χ4v) is 3.61. The van der Waals surface area contributed by atoms with Crippen LogP contribution in [0.1, 0.15) is 41.0 Å². The summed E-state index contributed by atoms with van der Waals surface area (Å²) in [5, 5.41) is 9.24. The van der Waals surface area contributed by atoms with Gasteiger partial charge in [0.1, 0.15) is 18.0 Å². The van der Waals surface area contributed by atoms with Gasteiger partial charge < -0.3 is 16.0 Å². The number of anilines is 3. The predicted octanol–water partition coefficient (Wildman–Crippen LogP) is 4.50. The Labute approximate surface area is 198 Å². The number of hydrogen-bond acceptors (Lipinski definition) is 7. The van der Waals surface area contributed by atoms with E-state index in [1.54, 1.807) is 37.1 Å². The molecule has 34 heavy (non-hydrogen) atoms. The lowest BCUT2D eigenvalue weighted by Crippen LogP contribution is -2.21. The van der Waals surface area contributed by atoms with Crippen molar-refractivity contribution in [1.29, 1.82) is 0 Å². The SMILES string of the molecule is CNc1cc(CNc2ncccc2C(=O)Nc2ccc(C(C)(C)c3ccncn3)cc2)ccn1. The number of rotatable bonds is 8. The molecule has 4 aromatic rings. The molecule has 4 rings (SSSR count). The van der Waals surface area contributed by atoms with Crippen molar-refractivity contribution in [2.45, 2.75) is 25.8 Å². The van der Waals surface area contributed by atoms with E-state index in [9.17, 15) is 4.79 Å². The lowest BCUT2D eigenvalue weighted by Gasteiger charge is -2.24. The van der Waals surface area contributed by atoms with Gasteiger partial charge in [-0.25, -0.2) is 19.9 Å². The van der Waals surface area contributed by atoms with Crippen LogP contribution in [-0.2, 0) is 12.0 Å². The molecule has 0 fully saturated rings. The molecule has 0 saturated heterocycles. The highest BCUT2D eigenvalue weighted by molar-refractivity contribution is 6.07. The first kappa shape index (κ1) is 22.8. The normalized spacial score (nSPS) is 11.0. The monoisotopic (exact) mass is 453 g/mol. The summed E-state index contributed by atoms with van der Waals surface area (Å²) in [5.41, 5.74) is 3.93. The summed E-state index contributed by atoms with van der Waals surface area (Å²) in [4.78, 5) is 30.0. The maximum Gasteiger partial charge on any atom is 0.259 e. The van der Waals surface area contributed by atoms with Gasteiger partial charge in [0.15, 0.2) is 0 Å². The van der Waals surface area contributed by atoms with E-state index < -0.39 is 0 Å². The number of aromatic nitrogens is 4. The first-order chi connectivity index (χ1) is 16.5. The number of nitrogens with one attached hydrogen (secondary N) is 3. The first-order valence-electron chi connectivity index (χ1n) is 11.0. The van der Waals surface area contributed by atoms with Crippen molar-refractivity contribution in [3.05, 3.63) is 102 Å². The van der Waals surface area contributed by atoms with Crippen LogP contribution in [0.2, 0.25) is 0 Å². The van der Waals surface area contributed by atoms with E-state index in [-0.39, 0.29) is 11.3 Å². The molecule has 0 bridgehead atoms. The molecule has 0 spiro atoms. The van der Waals surface area contributed by atoms with Crippen LogP contribution in [0.4, 0.5) is 17.3 Å². The van der Waals surface area contributed by atoms with Crippen molar-refractivity contribution in [2.75, 3.05) is 23.0 Å². The van der Waals surface area contributed by atoms with Gasteiger partial charge in [-0.3, -0.25) is 4.79 Å². The number of carbonyl (C=O) groups is 1. The maximum atomic E-state index is 13.0. The highest BCUT2D eigenvalue weighted by Gasteiger charge is 2.24. The molecule has 0 radical (unpaired) electrons.